The number of rotatable bonds is 5. The zero-order valence-corrected chi connectivity index (χ0v) is 13.1. The molecule has 0 bridgehead atoms. The molecule has 0 aliphatic carbocycles. The Morgan fingerprint density at radius 3 is 2.50 bits per heavy atom. The van der Waals surface area contributed by atoms with Crippen molar-refractivity contribution in [3.05, 3.63) is 35.9 Å². The molecule has 0 N–H and O–H groups in total. The van der Waals surface area contributed by atoms with Gasteiger partial charge in [-0.2, -0.15) is 0 Å². The first-order valence-electron chi connectivity index (χ1n) is 6.31. The summed E-state index contributed by atoms with van der Waals surface area (Å²) in [6.45, 7) is 6.60. The van der Waals surface area contributed by atoms with E-state index in [0.29, 0.717) is 0 Å². The molecule has 2 rings (SSSR count). The summed E-state index contributed by atoms with van der Waals surface area (Å²) in [5.74, 6) is 0. The van der Waals surface area contributed by atoms with E-state index in [1.165, 1.54) is 5.56 Å². The molecule has 0 amide bonds. The maximum absolute atomic E-state index is 5.73. The summed E-state index contributed by atoms with van der Waals surface area (Å²) < 4.78 is 12.2. The van der Waals surface area contributed by atoms with Crippen molar-refractivity contribution < 1.29 is 37.9 Å². The van der Waals surface area contributed by atoms with Gasteiger partial charge in [0.15, 0.2) is 0 Å². The normalized spacial score (nSPS) is 18.1. The van der Waals surface area contributed by atoms with Crippen molar-refractivity contribution in [1.82, 2.24) is 0 Å². The number of morpholine rings is 1. The number of quaternary nitrogens is 1. The Morgan fingerprint density at radius 1 is 1.17 bits per heavy atom. The van der Waals surface area contributed by atoms with Gasteiger partial charge in [-0.1, -0.05) is 30.3 Å². The van der Waals surface area contributed by atoms with Crippen molar-refractivity contribution in [2.45, 2.75) is 6.61 Å². The average molecular weight is 363 g/mol. The van der Waals surface area contributed by atoms with Gasteiger partial charge in [-0.05, 0) is 5.56 Å². The zero-order valence-electron chi connectivity index (χ0n) is 11.0. The molecule has 0 aromatic heterocycles. The molecular weight excluding hydrogens is 341 g/mol. The number of likely N-dealkylation sites (N-methyl/N-ethyl adjacent to an activating group) is 1. The van der Waals surface area contributed by atoms with Crippen molar-refractivity contribution >= 4 is 0 Å². The number of nitrogens with zero attached hydrogens (tertiary/aromatic N) is 1. The highest BCUT2D eigenvalue weighted by Crippen LogP contribution is 2.07. The molecule has 1 heterocycles. The van der Waals surface area contributed by atoms with E-state index in [4.69, 9.17) is 9.47 Å². The van der Waals surface area contributed by atoms with Crippen LogP contribution in [0, 0.1) is 0 Å². The second-order valence-corrected chi connectivity index (χ2v) is 4.94. The third-order valence-electron chi connectivity index (χ3n) is 3.44. The van der Waals surface area contributed by atoms with Crippen LogP contribution in [0.5, 0.6) is 0 Å². The van der Waals surface area contributed by atoms with Gasteiger partial charge in [0.25, 0.3) is 0 Å². The van der Waals surface area contributed by atoms with Crippen LogP contribution < -0.4 is 24.0 Å². The molecule has 0 saturated carbocycles. The summed E-state index contributed by atoms with van der Waals surface area (Å²) in [4.78, 5) is 0. The molecule has 18 heavy (non-hydrogen) atoms. The van der Waals surface area contributed by atoms with Gasteiger partial charge in [0.05, 0.1) is 33.5 Å². The predicted octanol–water partition coefficient (Wildman–Crippen LogP) is -1.32. The van der Waals surface area contributed by atoms with Crippen LogP contribution in [0.3, 0.4) is 0 Å². The van der Waals surface area contributed by atoms with Gasteiger partial charge in [-0.3, -0.25) is 0 Å². The molecule has 1 saturated heterocycles. The number of halogens is 1. The Labute approximate surface area is 127 Å². The van der Waals surface area contributed by atoms with Gasteiger partial charge in [-0.15, -0.1) is 0 Å². The maximum atomic E-state index is 5.73. The van der Waals surface area contributed by atoms with Gasteiger partial charge >= 0.3 is 0 Å². The van der Waals surface area contributed by atoms with E-state index < -0.39 is 0 Å². The first-order valence-corrected chi connectivity index (χ1v) is 6.31. The van der Waals surface area contributed by atoms with E-state index in [1.807, 2.05) is 6.07 Å². The summed E-state index contributed by atoms with van der Waals surface area (Å²) in [7, 11) is 2.29. The highest BCUT2D eigenvalue weighted by atomic mass is 127. The van der Waals surface area contributed by atoms with Gasteiger partial charge < -0.3 is 37.9 Å². The molecule has 0 atom stereocenters. The first kappa shape index (κ1) is 15.9. The molecule has 0 radical (unpaired) electrons. The van der Waals surface area contributed by atoms with Crippen molar-refractivity contribution in [2.75, 3.05) is 46.5 Å². The molecule has 1 aliphatic heterocycles. The molecule has 1 aliphatic rings. The summed E-state index contributed by atoms with van der Waals surface area (Å²) in [5.41, 5.74) is 1.25. The van der Waals surface area contributed by atoms with E-state index in [2.05, 4.69) is 31.3 Å². The Balaban J connectivity index is 0.00000162. The van der Waals surface area contributed by atoms with Crippen LogP contribution in [-0.4, -0.2) is 51.0 Å². The number of ether oxygens (including phenoxy) is 2. The molecule has 4 heteroatoms. The molecule has 0 unspecified atom stereocenters. The van der Waals surface area contributed by atoms with Gasteiger partial charge in [0, 0.05) is 0 Å². The Morgan fingerprint density at radius 2 is 1.83 bits per heavy atom. The van der Waals surface area contributed by atoms with Crippen molar-refractivity contribution in [3.8, 4) is 0 Å². The molecule has 1 aromatic rings. The molecule has 1 aromatic carbocycles. The monoisotopic (exact) mass is 363 g/mol. The zero-order chi connectivity index (χ0) is 12.0. The Bertz CT molecular complexity index is 326. The fourth-order valence-electron chi connectivity index (χ4n) is 2.06. The summed E-state index contributed by atoms with van der Waals surface area (Å²) >= 11 is 0. The Hall–Kier alpha value is -0.170. The van der Waals surface area contributed by atoms with Crippen LogP contribution in [0.25, 0.3) is 0 Å². The van der Waals surface area contributed by atoms with Crippen LogP contribution in [0.1, 0.15) is 5.56 Å². The highest BCUT2D eigenvalue weighted by molar-refractivity contribution is 5.13. The largest absolute Gasteiger partial charge is 1.00 e. The van der Waals surface area contributed by atoms with E-state index in [-0.39, 0.29) is 24.0 Å². The maximum Gasteiger partial charge on any atom is 0.102 e. The molecule has 1 fully saturated rings. The van der Waals surface area contributed by atoms with Crippen molar-refractivity contribution in [3.63, 3.8) is 0 Å². The lowest BCUT2D eigenvalue weighted by Crippen LogP contribution is -3.00. The lowest BCUT2D eigenvalue weighted by Gasteiger charge is -2.37. The van der Waals surface area contributed by atoms with E-state index in [0.717, 1.165) is 50.5 Å². The van der Waals surface area contributed by atoms with E-state index in [9.17, 15) is 0 Å². The molecular formula is C14H22INO2. The number of hydrogen-bond donors (Lipinski definition) is 0. The van der Waals surface area contributed by atoms with Crippen LogP contribution in [0.4, 0.5) is 0 Å². The first-order chi connectivity index (χ1) is 8.29. The second kappa shape index (κ2) is 8.09. The minimum absolute atomic E-state index is 0. The van der Waals surface area contributed by atoms with E-state index in [1.54, 1.807) is 0 Å². The minimum atomic E-state index is 0. The fraction of sp³-hybridized carbons (Fsp3) is 0.571. The molecule has 0 spiro atoms. The van der Waals surface area contributed by atoms with Gasteiger partial charge in [-0.25, -0.2) is 0 Å². The lowest BCUT2D eigenvalue weighted by molar-refractivity contribution is -0.917. The standard InChI is InChI=1S/C14H22NO2.HI/c1-15(7-10-16-11-8-15)9-12-17-13-14-5-3-2-4-6-14;/h2-6H,7-13H2,1H3;1H/q+1;/p-1. The van der Waals surface area contributed by atoms with Crippen molar-refractivity contribution in [2.24, 2.45) is 0 Å². The van der Waals surface area contributed by atoms with Gasteiger partial charge in [0.2, 0.25) is 0 Å². The van der Waals surface area contributed by atoms with Gasteiger partial charge in [0.1, 0.15) is 19.6 Å². The molecule has 3 nitrogen and oxygen atoms in total. The second-order valence-electron chi connectivity index (χ2n) is 4.94. The third kappa shape index (κ3) is 5.22. The minimum Gasteiger partial charge on any atom is -1.00 e. The number of benzene rings is 1. The average Bonchev–Trinajstić information content (AvgIpc) is 2.37. The SMILES string of the molecule is C[N+]1(CCOCc2ccccc2)CCOCC1.[I-]. The summed E-state index contributed by atoms with van der Waals surface area (Å²) in [6.07, 6.45) is 0. The molecule has 102 valence electrons. The van der Waals surface area contributed by atoms with Crippen LogP contribution in [0.15, 0.2) is 30.3 Å². The third-order valence-corrected chi connectivity index (χ3v) is 3.44. The fourth-order valence-corrected chi connectivity index (χ4v) is 2.06. The summed E-state index contributed by atoms with van der Waals surface area (Å²) in [6, 6.07) is 10.3. The van der Waals surface area contributed by atoms with Crippen molar-refractivity contribution in [1.29, 1.82) is 0 Å². The van der Waals surface area contributed by atoms with E-state index >= 15 is 0 Å². The topological polar surface area (TPSA) is 18.5 Å². The van der Waals surface area contributed by atoms with Crippen LogP contribution in [0.2, 0.25) is 0 Å². The lowest BCUT2D eigenvalue weighted by atomic mass is 10.2. The summed E-state index contributed by atoms with van der Waals surface area (Å²) in [5, 5.41) is 0. The Kier molecular flexibility index (Phi) is 7.14. The quantitative estimate of drug-likeness (QED) is 0.367. The van der Waals surface area contributed by atoms with Crippen LogP contribution >= 0.6 is 0 Å². The number of hydrogen-bond acceptors (Lipinski definition) is 2. The highest BCUT2D eigenvalue weighted by Gasteiger charge is 2.24. The van der Waals surface area contributed by atoms with Crippen LogP contribution in [-0.2, 0) is 16.1 Å². The predicted molar refractivity (Wildman–Crippen MR) is 67.7 cm³/mol. The smallest absolute Gasteiger partial charge is 0.102 e.